The first-order valence-corrected chi connectivity index (χ1v) is 15.1. The van der Waals surface area contributed by atoms with Gasteiger partial charge >= 0.3 is 0 Å². The number of nitrogens with one attached hydrogen (secondary N) is 1. The number of nitrogens with two attached hydrogens (primary N) is 1. The number of nitrogens with zero attached hydrogens (tertiary/aromatic N) is 3. The van der Waals surface area contributed by atoms with Gasteiger partial charge in [0.25, 0.3) is 5.91 Å². The van der Waals surface area contributed by atoms with Crippen LogP contribution in [0.25, 0.3) is 22.2 Å². The highest BCUT2D eigenvalue weighted by Gasteiger charge is 2.29. The topological polar surface area (TPSA) is 112 Å². The summed E-state index contributed by atoms with van der Waals surface area (Å²) in [6.45, 7) is 3.01. The minimum absolute atomic E-state index is 0.0418. The number of anilines is 1. The van der Waals surface area contributed by atoms with Crippen LogP contribution in [0.1, 0.15) is 43.0 Å². The number of hydrogen-bond donors (Lipinski definition) is 2. The van der Waals surface area contributed by atoms with E-state index in [0.29, 0.717) is 37.4 Å². The number of piperidine rings is 1. The van der Waals surface area contributed by atoms with Crippen LogP contribution in [0, 0.1) is 0 Å². The van der Waals surface area contributed by atoms with E-state index in [1.54, 1.807) is 7.11 Å². The molecule has 2 atom stereocenters. The maximum atomic E-state index is 13.4. The lowest BCUT2D eigenvalue weighted by atomic mass is 9.95. The molecule has 0 radical (unpaired) electrons. The summed E-state index contributed by atoms with van der Waals surface area (Å²) in [7, 11) is 1.73. The Morgan fingerprint density at radius 3 is 2.79 bits per heavy atom. The number of likely N-dealkylation sites (tertiary alicyclic amines) is 1. The van der Waals surface area contributed by atoms with Crippen LogP contribution in [0.2, 0.25) is 0 Å². The number of amides is 2. The highest BCUT2D eigenvalue weighted by atomic mass is 16.5. The molecule has 224 valence electrons. The number of methoxy groups -OCH3 is 1. The van der Waals surface area contributed by atoms with Gasteiger partial charge in [-0.1, -0.05) is 42.5 Å². The van der Waals surface area contributed by atoms with Crippen LogP contribution in [0.3, 0.4) is 0 Å². The van der Waals surface area contributed by atoms with E-state index in [-0.39, 0.29) is 30.4 Å². The van der Waals surface area contributed by atoms with Crippen molar-refractivity contribution < 1.29 is 19.1 Å². The maximum absolute atomic E-state index is 13.4. The zero-order valence-electron chi connectivity index (χ0n) is 24.6. The second-order valence-corrected chi connectivity index (χ2v) is 11.5. The van der Waals surface area contributed by atoms with E-state index >= 15 is 0 Å². The monoisotopic (exact) mass is 581 g/mol. The summed E-state index contributed by atoms with van der Waals surface area (Å²) < 4.78 is 13.1. The number of carbonyl (C=O) groups excluding carboxylic acids is 2. The Labute approximate surface area is 252 Å². The van der Waals surface area contributed by atoms with Crippen LogP contribution in [0.15, 0.2) is 66.7 Å². The number of aryl methyl sites for hydroxylation is 1. The summed E-state index contributed by atoms with van der Waals surface area (Å²) in [5, 5.41) is 2.86. The van der Waals surface area contributed by atoms with Gasteiger partial charge in [0.2, 0.25) is 5.91 Å². The molecule has 9 nitrogen and oxygen atoms in total. The Morgan fingerprint density at radius 2 is 1.95 bits per heavy atom. The maximum Gasteiger partial charge on any atom is 0.262 e. The first-order valence-electron chi connectivity index (χ1n) is 15.1. The van der Waals surface area contributed by atoms with Crippen molar-refractivity contribution in [1.29, 1.82) is 0 Å². The van der Waals surface area contributed by atoms with Crippen LogP contribution < -0.4 is 15.8 Å². The molecular weight excluding hydrogens is 542 g/mol. The summed E-state index contributed by atoms with van der Waals surface area (Å²) in [5.41, 5.74) is 12.4. The van der Waals surface area contributed by atoms with Gasteiger partial charge in [-0.25, -0.2) is 4.98 Å². The van der Waals surface area contributed by atoms with Gasteiger partial charge in [-0.15, -0.1) is 0 Å². The minimum atomic E-state index is -0.270. The fraction of sp³-hybridized carbons (Fsp3) is 0.382. The SMILES string of the molecule is COCCCn1c([C@@H]2CCCN(C(=O)C[C@H](N)Cc3ccc(-c4ccc5c(c4)NC(=O)CO5)cc3)C2)nc2ccccc21. The number of carbonyl (C=O) groups is 2. The number of rotatable bonds is 10. The lowest BCUT2D eigenvalue weighted by Crippen LogP contribution is -2.42. The van der Waals surface area contributed by atoms with Crippen molar-refractivity contribution in [1.82, 2.24) is 14.5 Å². The molecule has 6 rings (SSSR count). The van der Waals surface area contributed by atoms with Crippen molar-refractivity contribution >= 4 is 28.5 Å². The molecule has 0 spiro atoms. The Morgan fingerprint density at radius 1 is 1.14 bits per heavy atom. The number of para-hydroxylation sites is 2. The molecule has 1 saturated heterocycles. The molecule has 0 unspecified atom stereocenters. The number of fused-ring (bicyclic) bond motifs is 2. The van der Waals surface area contributed by atoms with Gasteiger partial charge in [-0.05, 0) is 66.6 Å². The standard InChI is InChI=1S/C34H39N5O4/c1-42-17-5-16-39-30-8-3-2-7-28(30)37-34(39)26-6-4-15-38(21-26)33(41)20-27(35)18-23-9-11-24(12-10-23)25-13-14-31-29(19-25)36-32(40)22-43-31/h2-3,7-14,19,26-27H,4-6,15-18,20-22,35H2,1H3,(H,36,40)/t26-,27-/m1/s1. The van der Waals surface area contributed by atoms with Gasteiger partial charge < -0.3 is 30.0 Å². The lowest BCUT2D eigenvalue weighted by molar-refractivity contribution is -0.132. The summed E-state index contributed by atoms with van der Waals surface area (Å²) >= 11 is 0. The van der Waals surface area contributed by atoms with E-state index in [4.69, 9.17) is 20.2 Å². The molecule has 0 saturated carbocycles. The Balaban J connectivity index is 1.07. The first-order chi connectivity index (χ1) is 21.0. The average Bonchev–Trinajstić information content (AvgIpc) is 3.40. The van der Waals surface area contributed by atoms with E-state index in [9.17, 15) is 9.59 Å². The molecule has 2 aliphatic heterocycles. The highest BCUT2D eigenvalue weighted by molar-refractivity contribution is 5.96. The van der Waals surface area contributed by atoms with Crippen LogP contribution in [-0.2, 0) is 27.3 Å². The second kappa shape index (κ2) is 13.0. The molecule has 3 N–H and O–H groups in total. The summed E-state index contributed by atoms with van der Waals surface area (Å²) in [4.78, 5) is 32.1. The third-order valence-electron chi connectivity index (χ3n) is 8.39. The summed E-state index contributed by atoms with van der Waals surface area (Å²) in [6, 6.07) is 22.0. The molecule has 4 aromatic rings. The van der Waals surface area contributed by atoms with Gasteiger partial charge in [0.1, 0.15) is 11.6 Å². The van der Waals surface area contributed by atoms with Crippen molar-refractivity contribution in [3.63, 3.8) is 0 Å². The van der Waals surface area contributed by atoms with Crippen molar-refractivity contribution in [2.75, 3.05) is 38.7 Å². The molecule has 1 aromatic heterocycles. The summed E-state index contributed by atoms with van der Waals surface area (Å²) in [5.74, 6) is 1.89. The zero-order chi connectivity index (χ0) is 29.8. The third-order valence-corrected chi connectivity index (χ3v) is 8.39. The molecule has 2 aliphatic rings. The largest absolute Gasteiger partial charge is 0.482 e. The van der Waals surface area contributed by atoms with Crippen molar-refractivity contribution in [3.05, 3.63) is 78.1 Å². The molecule has 43 heavy (non-hydrogen) atoms. The van der Waals surface area contributed by atoms with Crippen LogP contribution in [0.4, 0.5) is 5.69 Å². The van der Waals surface area contributed by atoms with Crippen molar-refractivity contribution in [2.24, 2.45) is 5.73 Å². The van der Waals surface area contributed by atoms with Gasteiger partial charge in [0, 0.05) is 51.7 Å². The van der Waals surface area contributed by atoms with Crippen LogP contribution in [-0.4, -0.2) is 65.7 Å². The third kappa shape index (κ3) is 6.58. The quantitative estimate of drug-likeness (QED) is 0.262. The van der Waals surface area contributed by atoms with Crippen molar-refractivity contribution in [3.8, 4) is 16.9 Å². The number of aromatic nitrogens is 2. The Kier molecular flexibility index (Phi) is 8.72. The fourth-order valence-electron chi connectivity index (χ4n) is 6.25. The van der Waals surface area contributed by atoms with Gasteiger partial charge in [-0.2, -0.15) is 0 Å². The summed E-state index contributed by atoms with van der Waals surface area (Å²) in [6.07, 6.45) is 3.80. The number of benzene rings is 3. The van der Waals surface area contributed by atoms with Gasteiger partial charge in [0.05, 0.1) is 16.7 Å². The van der Waals surface area contributed by atoms with E-state index in [1.165, 1.54) is 0 Å². The Bertz CT molecular complexity index is 1600. The van der Waals surface area contributed by atoms with E-state index in [1.807, 2.05) is 41.3 Å². The molecule has 1 fully saturated rings. The molecule has 0 bridgehead atoms. The zero-order valence-corrected chi connectivity index (χ0v) is 24.6. The lowest BCUT2D eigenvalue weighted by Gasteiger charge is -2.33. The molecule has 3 aromatic carbocycles. The van der Waals surface area contributed by atoms with Crippen molar-refractivity contribution in [2.45, 2.75) is 50.6 Å². The van der Waals surface area contributed by atoms with Crippen LogP contribution in [0.5, 0.6) is 5.75 Å². The Hall–Kier alpha value is -4.21. The molecule has 3 heterocycles. The average molecular weight is 582 g/mol. The number of ether oxygens (including phenoxy) is 2. The minimum Gasteiger partial charge on any atom is -0.482 e. The van der Waals surface area contributed by atoms with E-state index in [2.05, 4.69) is 40.2 Å². The van der Waals surface area contributed by atoms with E-state index in [0.717, 1.165) is 65.9 Å². The fourth-order valence-corrected chi connectivity index (χ4v) is 6.25. The second-order valence-electron chi connectivity index (χ2n) is 11.5. The molecule has 9 heteroatoms. The highest BCUT2D eigenvalue weighted by Crippen LogP contribution is 2.33. The predicted molar refractivity (Wildman–Crippen MR) is 167 cm³/mol. The first kappa shape index (κ1) is 28.9. The molecule has 0 aliphatic carbocycles. The number of hydrogen-bond acceptors (Lipinski definition) is 6. The molecule has 2 amide bonds. The molecular formula is C34H39N5O4. The smallest absolute Gasteiger partial charge is 0.262 e. The normalized spacial score (nSPS) is 17.3. The van der Waals surface area contributed by atoms with Gasteiger partial charge in [-0.3, -0.25) is 9.59 Å². The number of imidazole rings is 1. The van der Waals surface area contributed by atoms with Gasteiger partial charge in [0.15, 0.2) is 6.61 Å². The predicted octanol–water partition coefficient (Wildman–Crippen LogP) is 4.74. The van der Waals surface area contributed by atoms with E-state index < -0.39 is 0 Å². The van der Waals surface area contributed by atoms with Crippen LogP contribution >= 0.6 is 0 Å².